The molecule has 0 N–H and O–H groups in total. The third-order valence-electron chi connectivity index (χ3n) is 4.76. The summed E-state index contributed by atoms with van der Waals surface area (Å²) in [6, 6.07) is 13.9. The van der Waals surface area contributed by atoms with Crippen LogP contribution in [0.15, 0.2) is 65.6 Å². The standard InChI is InChI=1S/C23H17Cl2FO4S/c1-14-2-7-19(8-3-14)31(27,28)29-13-18-6-4-15-10-17(26)12-21(23(15)30-18)20-11-16(24)5-9-22(20)25/h2-12,18H,13H2,1H3. The summed E-state index contributed by atoms with van der Waals surface area (Å²) in [4.78, 5) is 0.0618. The second-order valence-electron chi connectivity index (χ2n) is 7.06. The van der Waals surface area contributed by atoms with Crippen molar-refractivity contribution < 1.29 is 21.7 Å². The highest BCUT2D eigenvalue weighted by Crippen LogP contribution is 2.41. The lowest BCUT2D eigenvalue weighted by Crippen LogP contribution is -2.25. The smallest absolute Gasteiger partial charge is 0.297 e. The molecule has 0 amide bonds. The third kappa shape index (κ3) is 4.77. The van der Waals surface area contributed by atoms with E-state index in [1.807, 2.05) is 6.92 Å². The van der Waals surface area contributed by atoms with E-state index in [9.17, 15) is 12.8 Å². The molecule has 0 fully saturated rings. The van der Waals surface area contributed by atoms with Gasteiger partial charge in [-0.05, 0) is 55.5 Å². The van der Waals surface area contributed by atoms with Crippen molar-refractivity contribution in [2.24, 2.45) is 0 Å². The Morgan fingerprint density at radius 1 is 1.03 bits per heavy atom. The van der Waals surface area contributed by atoms with Gasteiger partial charge in [-0.2, -0.15) is 8.42 Å². The molecule has 0 spiro atoms. The molecule has 3 aromatic carbocycles. The molecule has 1 heterocycles. The van der Waals surface area contributed by atoms with Gasteiger partial charge in [0.25, 0.3) is 10.1 Å². The van der Waals surface area contributed by atoms with Crippen LogP contribution in [0.2, 0.25) is 10.0 Å². The topological polar surface area (TPSA) is 52.6 Å². The van der Waals surface area contributed by atoms with Crippen LogP contribution in [0, 0.1) is 12.7 Å². The second kappa shape index (κ2) is 8.63. The molecule has 4 nitrogen and oxygen atoms in total. The van der Waals surface area contributed by atoms with Crippen LogP contribution in [0.4, 0.5) is 4.39 Å². The number of hydrogen-bond acceptors (Lipinski definition) is 4. The van der Waals surface area contributed by atoms with Crippen molar-refractivity contribution in [3.05, 3.63) is 87.7 Å². The lowest BCUT2D eigenvalue weighted by molar-refractivity contribution is 0.166. The van der Waals surface area contributed by atoms with Gasteiger partial charge in [0.05, 0.1) is 4.90 Å². The Balaban J connectivity index is 1.60. The number of rotatable bonds is 5. The van der Waals surface area contributed by atoms with Crippen LogP contribution in [0.3, 0.4) is 0 Å². The molecule has 1 aliphatic heterocycles. The van der Waals surface area contributed by atoms with Gasteiger partial charge in [-0.3, -0.25) is 4.18 Å². The van der Waals surface area contributed by atoms with E-state index in [4.69, 9.17) is 32.1 Å². The van der Waals surface area contributed by atoms with E-state index in [2.05, 4.69) is 0 Å². The Morgan fingerprint density at radius 3 is 2.52 bits per heavy atom. The first-order chi connectivity index (χ1) is 14.7. The first kappa shape index (κ1) is 21.8. The summed E-state index contributed by atoms with van der Waals surface area (Å²) in [7, 11) is -3.95. The highest BCUT2D eigenvalue weighted by Gasteiger charge is 2.24. The Bertz CT molecular complexity index is 1270. The Labute approximate surface area is 190 Å². The monoisotopic (exact) mass is 478 g/mol. The van der Waals surface area contributed by atoms with E-state index in [0.717, 1.165) is 5.56 Å². The van der Waals surface area contributed by atoms with Crippen molar-refractivity contribution in [1.29, 1.82) is 0 Å². The Morgan fingerprint density at radius 2 is 1.77 bits per heavy atom. The first-order valence-corrected chi connectivity index (χ1v) is 11.5. The molecule has 8 heteroatoms. The zero-order valence-electron chi connectivity index (χ0n) is 16.3. The molecule has 0 radical (unpaired) electrons. The molecule has 0 bridgehead atoms. The molecule has 160 valence electrons. The van der Waals surface area contributed by atoms with Crippen molar-refractivity contribution in [3.63, 3.8) is 0 Å². The minimum Gasteiger partial charge on any atom is -0.483 e. The highest BCUT2D eigenvalue weighted by molar-refractivity contribution is 7.86. The second-order valence-corrected chi connectivity index (χ2v) is 9.52. The maximum atomic E-state index is 14.2. The summed E-state index contributed by atoms with van der Waals surface area (Å²) in [6.45, 7) is 1.62. The van der Waals surface area contributed by atoms with Gasteiger partial charge in [-0.1, -0.05) is 47.0 Å². The lowest BCUT2D eigenvalue weighted by Gasteiger charge is -2.24. The Hall–Kier alpha value is -2.38. The molecule has 0 aliphatic carbocycles. The van der Waals surface area contributed by atoms with Crippen LogP contribution in [-0.4, -0.2) is 21.1 Å². The van der Waals surface area contributed by atoms with E-state index >= 15 is 0 Å². The van der Waals surface area contributed by atoms with Crippen LogP contribution in [0.5, 0.6) is 5.75 Å². The molecule has 0 saturated heterocycles. The van der Waals surface area contributed by atoms with E-state index in [0.29, 0.717) is 32.5 Å². The van der Waals surface area contributed by atoms with Gasteiger partial charge < -0.3 is 4.74 Å². The molecular formula is C23H17Cl2FO4S. The zero-order valence-corrected chi connectivity index (χ0v) is 18.6. The average Bonchev–Trinajstić information content (AvgIpc) is 2.74. The Kier molecular flexibility index (Phi) is 6.08. The number of aryl methyl sites for hydroxylation is 1. The molecule has 0 saturated carbocycles. The third-order valence-corrected chi connectivity index (χ3v) is 6.62. The van der Waals surface area contributed by atoms with Crippen molar-refractivity contribution in [3.8, 4) is 16.9 Å². The summed E-state index contributed by atoms with van der Waals surface area (Å²) in [6.07, 6.45) is 2.58. The molecule has 3 aromatic rings. The fourth-order valence-electron chi connectivity index (χ4n) is 3.19. The van der Waals surface area contributed by atoms with Crippen molar-refractivity contribution in [2.75, 3.05) is 6.61 Å². The van der Waals surface area contributed by atoms with Gasteiger partial charge in [-0.15, -0.1) is 0 Å². The number of ether oxygens (including phenoxy) is 1. The molecule has 1 unspecified atom stereocenters. The van der Waals surface area contributed by atoms with Gasteiger partial charge in [0, 0.05) is 26.7 Å². The van der Waals surface area contributed by atoms with Gasteiger partial charge in [0.1, 0.15) is 24.3 Å². The maximum absolute atomic E-state index is 14.2. The summed E-state index contributed by atoms with van der Waals surface area (Å²) in [5, 5.41) is 0.818. The van der Waals surface area contributed by atoms with Crippen LogP contribution in [0.1, 0.15) is 11.1 Å². The quantitative estimate of drug-likeness (QED) is 0.404. The van der Waals surface area contributed by atoms with Crippen LogP contribution >= 0.6 is 23.2 Å². The number of hydrogen-bond donors (Lipinski definition) is 0. The van der Waals surface area contributed by atoms with E-state index in [1.54, 1.807) is 42.5 Å². The fraction of sp³-hybridized carbons (Fsp3) is 0.130. The summed E-state index contributed by atoms with van der Waals surface area (Å²) in [5.41, 5.74) is 2.36. The summed E-state index contributed by atoms with van der Waals surface area (Å²) in [5.74, 6) is -0.0934. The molecule has 31 heavy (non-hydrogen) atoms. The molecule has 1 atom stereocenters. The van der Waals surface area contributed by atoms with Gasteiger partial charge in [-0.25, -0.2) is 4.39 Å². The first-order valence-electron chi connectivity index (χ1n) is 9.33. The maximum Gasteiger partial charge on any atom is 0.297 e. The van der Waals surface area contributed by atoms with Gasteiger partial charge in [0.15, 0.2) is 0 Å². The van der Waals surface area contributed by atoms with Crippen molar-refractivity contribution >= 4 is 39.4 Å². The minimum atomic E-state index is -3.95. The van der Waals surface area contributed by atoms with E-state index in [1.165, 1.54) is 24.3 Å². The molecule has 0 aromatic heterocycles. The minimum absolute atomic E-state index is 0.0618. The molecule has 1 aliphatic rings. The average molecular weight is 479 g/mol. The summed E-state index contributed by atoms with van der Waals surface area (Å²) < 4.78 is 50.3. The van der Waals surface area contributed by atoms with Crippen LogP contribution < -0.4 is 4.74 Å². The van der Waals surface area contributed by atoms with E-state index < -0.39 is 22.0 Å². The fourth-order valence-corrected chi connectivity index (χ4v) is 4.51. The van der Waals surface area contributed by atoms with Crippen LogP contribution in [-0.2, 0) is 14.3 Å². The number of benzene rings is 3. The molecule has 4 rings (SSSR count). The number of halogens is 3. The van der Waals surface area contributed by atoms with Gasteiger partial charge in [0.2, 0.25) is 0 Å². The van der Waals surface area contributed by atoms with Crippen molar-refractivity contribution in [1.82, 2.24) is 0 Å². The normalized spacial score (nSPS) is 15.4. The predicted molar refractivity (Wildman–Crippen MR) is 120 cm³/mol. The van der Waals surface area contributed by atoms with E-state index in [-0.39, 0.29) is 11.5 Å². The zero-order chi connectivity index (χ0) is 22.2. The SMILES string of the molecule is Cc1ccc(S(=O)(=O)OCC2C=Cc3cc(F)cc(-c4cc(Cl)ccc4Cl)c3O2)cc1. The van der Waals surface area contributed by atoms with Gasteiger partial charge >= 0.3 is 0 Å². The van der Waals surface area contributed by atoms with Crippen molar-refractivity contribution in [2.45, 2.75) is 17.9 Å². The van der Waals surface area contributed by atoms with Crippen LogP contribution in [0.25, 0.3) is 17.2 Å². The predicted octanol–water partition coefficient (Wildman–Crippen LogP) is 6.29. The summed E-state index contributed by atoms with van der Waals surface area (Å²) >= 11 is 12.4. The number of fused-ring (bicyclic) bond motifs is 1. The largest absolute Gasteiger partial charge is 0.483 e. The highest BCUT2D eigenvalue weighted by atomic mass is 35.5. The lowest BCUT2D eigenvalue weighted by atomic mass is 9.99. The molecular weight excluding hydrogens is 462 g/mol.